The number of rotatable bonds is 67. The molecule has 0 amide bonds. The van der Waals surface area contributed by atoms with Gasteiger partial charge in [-0.25, -0.2) is 0 Å². The Morgan fingerprint density at radius 1 is 0.263 bits per heavy atom. The predicted molar refractivity (Wildman–Crippen MR) is 349 cm³/mol. The van der Waals surface area contributed by atoms with Gasteiger partial charge < -0.3 is 14.2 Å². The smallest absolute Gasteiger partial charge is 0.306 e. The van der Waals surface area contributed by atoms with Crippen LogP contribution in [0.5, 0.6) is 0 Å². The lowest BCUT2D eigenvalue weighted by molar-refractivity contribution is -0.167. The second kappa shape index (κ2) is 69.1. The van der Waals surface area contributed by atoms with Crippen molar-refractivity contribution in [2.24, 2.45) is 0 Å². The topological polar surface area (TPSA) is 78.9 Å². The highest BCUT2D eigenvalue weighted by Crippen LogP contribution is 2.19. The Kier molecular flexibility index (Phi) is 67.1. The van der Waals surface area contributed by atoms with Crippen LogP contribution in [0.15, 0.2) is 36.5 Å². The van der Waals surface area contributed by atoms with E-state index >= 15 is 0 Å². The molecule has 0 aromatic rings. The summed E-state index contributed by atoms with van der Waals surface area (Å²) in [6.07, 6.45) is 86.4. The Bertz CT molecular complexity index is 1340. The van der Waals surface area contributed by atoms with E-state index in [0.29, 0.717) is 19.3 Å². The highest BCUT2D eigenvalue weighted by atomic mass is 16.6. The average Bonchev–Trinajstić information content (AvgIpc) is 3.46. The molecule has 0 aliphatic carbocycles. The second-order valence-corrected chi connectivity index (χ2v) is 24.5. The lowest BCUT2D eigenvalue weighted by atomic mass is 10.0. The van der Waals surface area contributed by atoms with E-state index in [1.165, 1.54) is 276 Å². The van der Waals surface area contributed by atoms with Crippen molar-refractivity contribution in [1.29, 1.82) is 0 Å². The molecule has 1 unspecified atom stereocenters. The van der Waals surface area contributed by atoms with Gasteiger partial charge >= 0.3 is 17.9 Å². The van der Waals surface area contributed by atoms with E-state index in [0.717, 1.165) is 83.5 Å². The van der Waals surface area contributed by atoms with Crippen LogP contribution in [-0.2, 0) is 28.6 Å². The molecule has 1 atom stereocenters. The van der Waals surface area contributed by atoms with Gasteiger partial charge in [-0.2, -0.15) is 0 Å². The van der Waals surface area contributed by atoms with Crippen LogP contribution in [0.3, 0.4) is 0 Å². The predicted octanol–water partition coefficient (Wildman–Crippen LogP) is 24.7. The summed E-state index contributed by atoms with van der Waals surface area (Å²) in [6.45, 7) is 6.57. The summed E-state index contributed by atoms with van der Waals surface area (Å²) in [5.74, 6) is -0.879. The summed E-state index contributed by atoms with van der Waals surface area (Å²) in [6, 6.07) is 0. The number of esters is 3. The Morgan fingerprint density at radius 3 is 0.762 bits per heavy atom. The first-order valence-corrected chi connectivity index (χ1v) is 36.0. The molecular formula is C74H138O6. The van der Waals surface area contributed by atoms with Gasteiger partial charge in [0.1, 0.15) is 13.2 Å². The maximum Gasteiger partial charge on any atom is 0.306 e. The van der Waals surface area contributed by atoms with Crippen molar-refractivity contribution < 1.29 is 28.6 Å². The first kappa shape index (κ1) is 77.6. The van der Waals surface area contributed by atoms with Gasteiger partial charge in [-0.15, -0.1) is 0 Å². The van der Waals surface area contributed by atoms with Crippen LogP contribution in [0.25, 0.3) is 0 Å². The first-order valence-electron chi connectivity index (χ1n) is 36.0. The Balaban J connectivity index is 4.08. The zero-order valence-electron chi connectivity index (χ0n) is 54.1. The molecule has 0 spiro atoms. The summed E-state index contributed by atoms with van der Waals surface area (Å²) >= 11 is 0. The van der Waals surface area contributed by atoms with Crippen LogP contribution in [-0.4, -0.2) is 37.2 Å². The van der Waals surface area contributed by atoms with Gasteiger partial charge in [0.25, 0.3) is 0 Å². The zero-order valence-corrected chi connectivity index (χ0v) is 54.1. The van der Waals surface area contributed by atoms with E-state index < -0.39 is 6.10 Å². The fraction of sp³-hybridized carbons (Fsp3) is 0.878. The van der Waals surface area contributed by atoms with Crippen molar-refractivity contribution in [3.63, 3.8) is 0 Å². The molecule has 0 rings (SSSR count). The number of carbonyl (C=O) groups is 3. The van der Waals surface area contributed by atoms with Crippen molar-refractivity contribution in [2.75, 3.05) is 13.2 Å². The molecule has 6 heteroatoms. The van der Waals surface area contributed by atoms with Gasteiger partial charge in [0, 0.05) is 19.3 Å². The monoisotopic (exact) mass is 1120 g/mol. The molecule has 6 nitrogen and oxygen atoms in total. The van der Waals surface area contributed by atoms with Crippen molar-refractivity contribution in [1.82, 2.24) is 0 Å². The number of hydrogen-bond acceptors (Lipinski definition) is 6. The van der Waals surface area contributed by atoms with Gasteiger partial charge in [0.15, 0.2) is 6.10 Å². The van der Waals surface area contributed by atoms with Crippen molar-refractivity contribution in [3.05, 3.63) is 36.5 Å². The second-order valence-electron chi connectivity index (χ2n) is 24.5. The summed E-state index contributed by atoms with van der Waals surface area (Å²) in [5.41, 5.74) is 0. The lowest BCUT2D eigenvalue weighted by Crippen LogP contribution is -2.30. The molecule has 0 N–H and O–H groups in total. The van der Waals surface area contributed by atoms with E-state index in [1.807, 2.05) is 0 Å². The van der Waals surface area contributed by atoms with Crippen molar-refractivity contribution in [3.8, 4) is 0 Å². The van der Waals surface area contributed by atoms with Crippen molar-refractivity contribution >= 4 is 17.9 Å². The minimum absolute atomic E-state index is 0.0760. The van der Waals surface area contributed by atoms with E-state index in [4.69, 9.17) is 14.2 Å². The van der Waals surface area contributed by atoms with Gasteiger partial charge in [-0.3, -0.25) is 14.4 Å². The summed E-state index contributed by atoms with van der Waals surface area (Å²) in [4.78, 5) is 38.3. The van der Waals surface area contributed by atoms with Gasteiger partial charge in [0.05, 0.1) is 0 Å². The molecule has 0 aromatic carbocycles. The van der Waals surface area contributed by atoms with E-state index in [1.54, 1.807) is 0 Å². The molecule has 0 heterocycles. The van der Waals surface area contributed by atoms with Crippen LogP contribution >= 0.6 is 0 Å². The van der Waals surface area contributed by atoms with E-state index in [2.05, 4.69) is 57.2 Å². The normalized spacial score (nSPS) is 12.2. The quantitative estimate of drug-likeness (QED) is 0.0261. The van der Waals surface area contributed by atoms with E-state index in [-0.39, 0.29) is 31.1 Å². The summed E-state index contributed by atoms with van der Waals surface area (Å²) in [5, 5.41) is 0. The Hall–Kier alpha value is -2.37. The maximum absolute atomic E-state index is 12.9. The fourth-order valence-corrected chi connectivity index (χ4v) is 11.1. The van der Waals surface area contributed by atoms with E-state index in [9.17, 15) is 14.4 Å². The number of hydrogen-bond donors (Lipinski definition) is 0. The molecule has 0 fully saturated rings. The van der Waals surface area contributed by atoms with Gasteiger partial charge in [0.2, 0.25) is 0 Å². The number of allylic oxidation sites excluding steroid dienone is 6. The SMILES string of the molecule is CC/C=C\C/C=C\C/C=C\CCCCCC(=O)OCC(COC(=O)CCCCCCCCCCCCCCCCCCCCCCCCCCCCCCCCCCC)OC(=O)CCCCCCCCCCCCCCCCCC. The van der Waals surface area contributed by atoms with Crippen LogP contribution in [0.4, 0.5) is 0 Å². The minimum Gasteiger partial charge on any atom is -0.462 e. The Morgan fingerprint density at radius 2 is 0.487 bits per heavy atom. The highest BCUT2D eigenvalue weighted by molar-refractivity contribution is 5.71. The van der Waals surface area contributed by atoms with Gasteiger partial charge in [-0.1, -0.05) is 365 Å². The summed E-state index contributed by atoms with van der Waals surface area (Å²) < 4.78 is 16.9. The molecule has 0 saturated carbocycles. The van der Waals surface area contributed by atoms with Crippen molar-refractivity contribution in [2.45, 2.75) is 406 Å². The van der Waals surface area contributed by atoms with Crippen LogP contribution in [0.2, 0.25) is 0 Å². The number of carbonyl (C=O) groups excluding carboxylic acids is 3. The van der Waals surface area contributed by atoms with Crippen LogP contribution < -0.4 is 0 Å². The first-order chi connectivity index (χ1) is 39.5. The molecule has 80 heavy (non-hydrogen) atoms. The maximum atomic E-state index is 12.9. The average molecular weight is 1120 g/mol. The molecule has 0 radical (unpaired) electrons. The Labute approximate surface area is 499 Å². The molecular weight excluding hydrogens is 985 g/mol. The highest BCUT2D eigenvalue weighted by Gasteiger charge is 2.19. The molecule has 0 aliphatic heterocycles. The third-order valence-corrected chi connectivity index (χ3v) is 16.4. The minimum atomic E-state index is -0.781. The summed E-state index contributed by atoms with van der Waals surface area (Å²) in [7, 11) is 0. The number of unbranched alkanes of at least 4 members (excludes halogenated alkanes) is 50. The molecule has 0 saturated heterocycles. The third kappa shape index (κ3) is 66.4. The molecule has 0 bridgehead atoms. The standard InChI is InChI=1S/C74H138O6/c1-4-7-10-13-16-19-22-25-27-29-30-31-32-33-34-35-36-37-38-39-40-41-42-43-44-45-47-49-52-55-58-61-64-67-73(76)79-70-71(69-78-72(75)66-63-60-57-54-51-48-24-21-18-15-12-9-6-3)80-74(77)68-65-62-59-56-53-50-46-28-26-23-20-17-14-11-8-5-2/h9,12,18,21,48,51,71H,4-8,10-11,13-17,19-20,22-47,49-50,52-70H2,1-3H3/b12-9-,21-18-,51-48-. The third-order valence-electron chi connectivity index (χ3n) is 16.4. The van der Waals surface area contributed by atoms with Crippen LogP contribution in [0, 0.1) is 0 Å². The lowest BCUT2D eigenvalue weighted by Gasteiger charge is -2.18. The number of ether oxygens (including phenoxy) is 3. The van der Waals surface area contributed by atoms with Gasteiger partial charge in [-0.05, 0) is 51.4 Å². The van der Waals surface area contributed by atoms with Crippen LogP contribution in [0.1, 0.15) is 400 Å². The largest absolute Gasteiger partial charge is 0.462 e. The molecule has 0 aromatic heterocycles. The molecule has 470 valence electrons. The molecule has 0 aliphatic rings. The fourth-order valence-electron chi connectivity index (χ4n) is 11.1. The zero-order chi connectivity index (χ0) is 57.8.